The van der Waals surface area contributed by atoms with E-state index in [1.54, 1.807) is 0 Å². The number of ether oxygens (including phenoxy) is 1. The van der Waals surface area contributed by atoms with E-state index in [2.05, 4.69) is 0 Å². The Morgan fingerprint density at radius 3 is 2.73 bits per heavy atom. The second-order valence-electron chi connectivity index (χ2n) is 3.87. The van der Waals surface area contributed by atoms with Gasteiger partial charge in [0.2, 0.25) is 0 Å². The molecule has 0 N–H and O–H groups in total. The molecular weight excluding hydrogens is 216 g/mol. The molecule has 0 saturated carbocycles. The number of carbonyl (C=O) groups excluding carboxylic acids is 1. The van der Waals surface area contributed by atoms with E-state index in [4.69, 9.17) is 4.74 Å². The van der Waals surface area contributed by atoms with Gasteiger partial charge in [0.25, 0.3) is 0 Å². The van der Waals surface area contributed by atoms with Crippen LogP contribution in [0.15, 0.2) is 0 Å². The maximum Gasteiger partial charge on any atom is 0.324 e. The zero-order chi connectivity index (χ0) is 11.3. The van der Waals surface area contributed by atoms with E-state index < -0.39 is 21.1 Å². The average molecular weight is 234 g/mol. The standard InChI is InChI=1S/C10H18O4S/c1-2-3-7-14-10(11)9-6-4-5-8-15(9,12)13/h9H,2-8H2,1H3. The van der Waals surface area contributed by atoms with Crippen LogP contribution in [-0.4, -0.2) is 32.0 Å². The Morgan fingerprint density at radius 1 is 1.40 bits per heavy atom. The summed E-state index contributed by atoms with van der Waals surface area (Å²) in [6.07, 6.45) is 3.62. The summed E-state index contributed by atoms with van der Waals surface area (Å²) >= 11 is 0. The van der Waals surface area contributed by atoms with E-state index >= 15 is 0 Å². The maximum atomic E-state index is 11.6. The topological polar surface area (TPSA) is 60.4 Å². The number of carbonyl (C=O) groups is 1. The molecule has 0 aliphatic carbocycles. The van der Waals surface area contributed by atoms with Crippen molar-refractivity contribution in [3.05, 3.63) is 0 Å². The van der Waals surface area contributed by atoms with Crippen LogP contribution in [0.25, 0.3) is 0 Å². The van der Waals surface area contributed by atoms with Crippen LogP contribution >= 0.6 is 0 Å². The molecule has 5 heteroatoms. The monoisotopic (exact) mass is 234 g/mol. The third-order valence-corrected chi connectivity index (χ3v) is 4.74. The first-order valence-corrected chi connectivity index (χ1v) is 7.17. The van der Waals surface area contributed by atoms with E-state index in [-0.39, 0.29) is 5.75 Å². The number of rotatable bonds is 4. The molecule has 1 unspecified atom stereocenters. The predicted octanol–water partition coefficient (Wildman–Crippen LogP) is 1.30. The molecule has 1 saturated heterocycles. The van der Waals surface area contributed by atoms with Crippen LogP contribution in [0, 0.1) is 0 Å². The summed E-state index contributed by atoms with van der Waals surface area (Å²) in [5.41, 5.74) is 0. The summed E-state index contributed by atoms with van der Waals surface area (Å²) < 4.78 is 28.0. The van der Waals surface area contributed by atoms with Gasteiger partial charge in [-0.3, -0.25) is 4.79 Å². The largest absolute Gasteiger partial charge is 0.465 e. The molecule has 88 valence electrons. The summed E-state index contributed by atoms with van der Waals surface area (Å²) in [6.45, 7) is 2.33. The van der Waals surface area contributed by atoms with Crippen molar-refractivity contribution in [1.29, 1.82) is 0 Å². The molecule has 0 aromatic rings. The van der Waals surface area contributed by atoms with Gasteiger partial charge in [-0.25, -0.2) is 8.42 Å². The van der Waals surface area contributed by atoms with E-state index in [1.807, 2.05) is 6.92 Å². The Hall–Kier alpha value is -0.580. The fourth-order valence-corrected chi connectivity index (χ4v) is 3.41. The van der Waals surface area contributed by atoms with Crippen molar-refractivity contribution in [1.82, 2.24) is 0 Å². The van der Waals surface area contributed by atoms with Crippen molar-refractivity contribution in [3.8, 4) is 0 Å². The molecule has 0 bridgehead atoms. The molecule has 4 nitrogen and oxygen atoms in total. The third kappa shape index (κ3) is 3.48. The van der Waals surface area contributed by atoms with Gasteiger partial charge >= 0.3 is 5.97 Å². The summed E-state index contributed by atoms with van der Waals surface area (Å²) in [6, 6.07) is 0. The van der Waals surface area contributed by atoms with Gasteiger partial charge in [-0.05, 0) is 19.3 Å². The van der Waals surface area contributed by atoms with Crippen molar-refractivity contribution in [3.63, 3.8) is 0 Å². The zero-order valence-corrected chi connectivity index (χ0v) is 9.88. The lowest BCUT2D eigenvalue weighted by molar-refractivity contribution is -0.143. The lowest BCUT2D eigenvalue weighted by Gasteiger charge is -2.20. The molecule has 1 fully saturated rings. The Labute approximate surface area is 90.9 Å². The summed E-state index contributed by atoms with van der Waals surface area (Å²) in [5, 5.41) is -0.900. The van der Waals surface area contributed by atoms with Gasteiger partial charge in [0.1, 0.15) is 0 Å². The minimum atomic E-state index is -3.23. The predicted molar refractivity (Wildman–Crippen MR) is 57.3 cm³/mol. The highest BCUT2D eigenvalue weighted by molar-refractivity contribution is 7.92. The van der Waals surface area contributed by atoms with Crippen molar-refractivity contribution >= 4 is 15.8 Å². The van der Waals surface area contributed by atoms with E-state index in [0.717, 1.165) is 19.3 Å². The number of sulfone groups is 1. The number of esters is 1. The van der Waals surface area contributed by atoms with Gasteiger partial charge in [0.05, 0.1) is 12.4 Å². The van der Waals surface area contributed by atoms with E-state index in [1.165, 1.54) is 0 Å². The summed E-state index contributed by atoms with van der Waals surface area (Å²) in [4.78, 5) is 11.5. The van der Waals surface area contributed by atoms with Gasteiger partial charge in [-0.1, -0.05) is 19.8 Å². The molecule has 1 heterocycles. The van der Waals surface area contributed by atoms with Crippen LogP contribution in [0.1, 0.15) is 39.0 Å². The van der Waals surface area contributed by atoms with E-state index in [9.17, 15) is 13.2 Å². The lowest BCUT2D eigenvalue weighted by Crippen LogP contribution is -2.36. The smallest absolute Gasteiger partial charge is 0.324 e. The molecule has 15 heavy (non-hydrogen) atoms. The fraction of sp³-hybridized carbons (Fsp3) is 0.900. The highest BCUT2D eigenvalue weighted by Crippen LogP contribution is 2.20. The molecule has 0 aromatic heterocycles. The molecule has 0 aromatic carbocycles. The van der Waals surface area contributed by atoms with Gasteiger partial charge in [0.15, 0.2) is 15.1 Å². The van der Waals surface area contributed by atoms with Crippen LogP contribution in [0.5, 0.6) is 0 Å². The van der Waals surface area contributed by atoms with Gasteiger partial charge in [-0.2, -0.15) is 0 Å². The summed E-state index contributed by atoms with van der Waals surface area (Å²) in [5.74, 6) is -0.427. The Balaban J connectivity index is 2.50. The van der Waals surface area contributed by atoms with Crippen LogP contribution in [0.3, 0.4) is 0 Å². The molecule has 1 aliphatic rings. The van der Waals surface area contributed by atoms with Crippen molar-refractivity contribution in [2.75, 3.05) is 12.4 Å². The highest BCUT2D eigenvalue weighted by Gasteiger charge is 2.35. The molecule has 1 aliphatic heterocycles. The second-order valence-corrected chi connectivity index (χ2v) is 6.18. The molecular formula is C10H18O4S. The van der Waals surface area contributed by atoms with Crippen LogP contribution in [0.2, 0.25) is 0 Å². The third-order valence-electron chi connectivity index (χ3n) is 2.58. The number of hydrogen-bond donors (Lipinski definition) is 0. The fourth-order valence-electron chi connectivity index (χ4n) is 1.63. The molecule has 1 rings (SSSR count). The quantitative estimate of drug-likeness (QED) is 0.543. The second kappa shape index (κ2) is 5.49. The molecule has 0 radical (unpaired) electrons. The minimum Gasteiger partial charge on any atom is -0.465 e. The highest BCUT2D eigenvalue weighted by atomic mass is 32.2. The average Bonchev–Trinajstić information content (AvgIpc) is 2.17. The Morgan fingerprint density at radius 2 is 2.13 bits per heavy atom. The molecule has 0 spiro atoms. The van der Waals surface area contributed by atoms with Crippen molar-refractivity contribution < 1.29 is 17.9 Å². The van der Waals surface area contributed by atoms with Gasteiger partial charge in [-0.15, -0.1) is 0 Å². The van der Waals surface area contributed by atoms with E-state index in [0.29, 0.717) is 19.4 Å². The minimum absolute atomic E-state index is 0.126. The Kier molecular flexibility index (Phi) is 4.57. The van der Waals surface area contributed by atoms with Crippen LogP contribution in [-0.2, 0) is 19.4 Å². The van der Waals surface area contributed by atoms with Crippen LogP contribution in [0.4, 0.5) is 0 Å². The molecule has 1 atom stereocenters. The Bertz CT molecular complexity index is 307. The SMILES string of the molecule is CCCCOC(=O)C1CCCCS1(=O)=O. The van der Waals surface area contributed by atoms with Gasteiger partial charge in [0, 0.05) is 0 Å². The number of unbranched alkanes of at least 4 members (excludes halogenated alkanes) is 1. The zero-order valence-electron chi connectivity index (χ0n) is 9.07. The first-order chi connectivity index (χ1) is 7.08. The first-order valence-electron chi connectivity index (χ1n) is 5.46. The molecule has 0 amide bonds. The number of hydrogen-bond acceptors (Lipinski definition) is 4. The van der Waals surface area contributed by atoms with Crippen molar-refractivity contribution in [2.45, 2.75) is 44.3 Å². The van der Waals surface area contributed by atoms with Gasteiger partial charge < -0.3 is 4.74 Å². The maximum absolute atomic E-state index is 11.6. The lowest BCUT2D eigenvalue weighted by atomic mass is 10.2. The first kappa shape index (κ1) is 12.5. The summed E-state index contributed by atoms with van der Waals surface area (Å²) in [7, 11) is -3.23. The van der Waals surface area contributed by atoms with Crippen molar-refractivity contribution in [2.24, 2.45) is 0 Å². The normalized spacial score (nSPS) is 24.7. The van der Waals surface area contributed by atoms with Crippen LogP contribution < -0.4 is 0 Å².